The number of aliphatic hydroxyl groups excluding tert-OH is 1. The largest absolute Gasteiger partial charge is 0.494 e. The maximum Gasteiger partial charge on any atom is 0.242 e. The number of amides is 1. The molecule has 1 unspecified atom stereocenters. The number of aliphatic hydroxyl groups is 1. The first-order chi connectivity index (χ1) is 8.08. The molecule has 94 valence electrons. The topological polar surface area (TPSA) is 58.6 Å². The second-order valence-corrected chi connectivity index (χ2v) is 4.17. The molecule has 1 atom stereocenters. The third kappa shape index (κ3) is 3.91. The highest BCUT2D eigenvalue weighted by molar-refractivity contribution is 6.32. The number of rotatable bonds is 5. The molecule has 1 aromatic carbocycles. The Labute approximate surface area is 106 Å². The van der Waals surface area contributed by atoms with E-state index in [1.165, 1.54) is 0 Å². The minimum Gasteiger partial charge on any atom is -0.494 e. The summed E-state index contributed by atoms with van der Waals surface area (Å²) >= 11 is 5.65. The van der Waals surface area contributed by atoms with E-state index in [9.17, 15) is 9.90 Å². The summed E-state index contributed by atoms with van der Waals surface area (Å²) in [7, 11) is 0. The molecule has 1 aromatic rings. The van der Waals surface area contributed by atoms with Crippen LogP contribution in [0.3, 0.4) is 0 Å². The molecular formula is C12H16ClNO3. The summed E-state index contributed by atoms with van der Waals surface area (Å²) in [5.41, 5.74) is 1.22. The number of anilines is 1. The van der Waals surface area contributed by atoms with E-state index in [0.717, 1.165) is 0 Å². The Kier molecular flexibility index (Phi) is 5.25. The van der Waals surface area contributed by atoms with Crippen LogP contribution in [0.5, 0.6) is 5.75 Å². The van der Waals surface area contributed by atoms with Crippen molar-refractivity contribution >= 4 is 23.2 Å². The van der Waals surface area contributed by atoms with Crippen LogP contribution in [0.15, 0.2) is 18.2 Å². The fraction of sp³-hybridized carbons (Fsp3) is 0.417. The number of halogens is 1. The van der Waals surface area contributed by atoms with Crippen molar-refractivity contribution in [1.82, 2.24) is 0 Å². The molecule has 2 N–H and O–H groups in total. The lowest BCUT2D eigenvalue weighted by molar-refractivity contribution is -0.115. The van der Waals surface area contributed by atoms with E-state index < -0.39 is 5.38 Å². The van der Waals surface area contributed by atoms with Gasteiger partial charge in [-0.05, 0) is 32.0 Å². The normalized spacial score (nSPS) is 12.0. The predicted molar refractivity (Wildman–Crippen MR) is 67.5 cm³/mol. The van der Waals surface area contributed by atoms with Crippen molar-refractivity contribution in [1.29, 1.82) is 0 Å². The molecule has 1 amide bonds. The van der Waals surface area contributed by atoms with Gasteiger partial charge in [0.15, 0.2) is 0 Å². The summed E-state index contributed by atoms with van der Waals surface area (Å²) in [5, 5.41) is 11.2. The van der Waals surface area contributed by atoms with E-state index in [1.54, 1.807) is 25.1 Å². The van der Waals surface area contributed by atoms with Crippen LogP contribution >= 0.6 is 11.6 Å². The van der Waals surface area contributed by atoms with E-state index in [1.807, 2.05) is 6.92 Å². The van der Waals surface area contributed by atoms with Crippen molar-refractivity contribution in [3.05, 3.63) is 23.8 Å². The molecule has 0 aromatic heterocycles. The first kappa shape index (κ1) is 13.8. The van der Waals surface area contributed by atoms with Crippen molar-refractivity contribution in [3.8, 4) is 5.75 Å². The van der Waals surface area contributed by atoms with Gasteiger partial charge in [0.2, 0.25) is 5.91 Å². The van der Waals surface area contributed by atoms with Crippen molar-refractivity contribution in [2.45, 2.75) is 25.8 Å². The van der Waals surface area contributed by atoms with Gasteiger partial charge in [-0.15, -0.1) is 11.6 Å². The van der Waals surface area contributed by atoms with Gasteiger partial charge in [-0.25, -0.2) is 0 Å². The Morgan fingerprint density at radius 2 is 2.29 bits per heavy atom. The molecular weight excluding hydrogens is 242 g/mol. The Morgan fingerprint density at radius 3 is 2.82 bits per heavy atom. The molecule has 5 heteroatoms. The zero-order chi connectivity index (χ0) is 12.8. The van der Waals surface area contributed by atoms with Gasteiger partial charge in [-0.2, -0.15) is 0 Å². The first-order valence-electron chi connectivity index (χ1n) is 5.40. The van der Waals surface area contributed by atoms with Crippen LogP contribution in [0.25, 0.3) is 0 Å². The summed E-state index contributed by atoms with van der Waals surface area (Å²) in [6.45, 7) is 3.84. The number of ether oxygens (including phenoxy) is 1. The lowest BCUT2D eigenvalue weighted by atomic mass is 10.2. The SMILES string of the molecule is CCOc1ccc(NC(=O)C(C)Cl)cc1CO. The average Bonchev–Trinajstić information content (AvgIpc) is 2.31. The minimum atomic E-state index is -0.598. The number of carbonyl (C=O) groups excluding carboxylic acids is 1. The van der Waals surface area contributed by atoms with Gasteiger partial charge < -0.3 is 15.2 Å². The van der Waals surface area contributed by atoms with E-state index in [-0.39, 0.29) is 12.5 Å². The molecule has 1 rings (SSSR count). The van der Waals surface area contributed by atoms with Crippen molar-refractivity contribution < 1.29 is 14.6 Å². The zero-order valence-corrected chi connectivity index (χ0v) is 10.6. The molecule has 17 heavy (non-hydrogen) atoms. The molecule has 0 spiro atoms. The first-order valence-corrected chi connectivity index (χ1v) is 5.83. The van der Waals surface area contributed by atoms with Crippen LogP contribution in [0.2, 0.25) is 0 Å². The highest BCUT2D eigenvalue weighted by atomic mass is 35.5. The van der Waals surface area contributed by atoms with Crippen LogP contribution in [0.1, 0.15) is 19.4 Å². The zero-order valence-electron chi connectivity index (χ0n) is 9.87. The minimum absolute atomic E-state index is 0.143. The van der Waals surface area contributed by atoms with Gasteiger partial charge in [0.25, 0.3) is 0 Å². The van der Waals surface area contributed by atoms with Gasteiger partial charge in [0.1, 0.15) is 11.1 Å². The molecule has 0 heterocycles. The maximum absolute atomic E-state index is 11.4. The number of carbonyl (C=O) groups is 1. The van der Waals surface area contributed by atoms with Crippen molar-refractivity contribution in [3.63, 3.8) is 0 Å². The molecule has 0 saturated heterocycles. The second kappa shape index (κ2) is 6.47. The Balaban J connectivity index is 2.85. The van der Waals surface area contributed by atoms with Crippen LogP contribution in [-0.2, 0) is 11.4 Å². The van der Waals surface area contributed by atoms with Gasteiger partial charge in [0.05, 0.1) is 13.2 Å². The standard InChI is InChI=1S/C12H16ClNO3/c1-3-17-11-5-4-10(6-9(11)7-15)14-12(16)8(2)13/h4-6,8,15H,3,7H2,1-2H3,(H,14,16). The number of hydrogen-bond donors (Lipinski definition) is 2. The predicted octanol–water partition coefficient (Wildman–Crippen LogP) is 2.14. The summed E-state index contributed by atoms with van der Waals surface area (Å²) in [6.07, 6.45) is 0. The van der Waals surface area contributed by atoms with Gasteiger partial charge in [0, 0.05) is 11.3 Å². The van der Waals surface area contributed by atoms with Gasteiger partial charge in [-0.3, -0.25) is 4.79 Å². The second-order valence-electron chi connectivity index (χ2n) is 3.52. The van der Waals surface area contributed by atoms with Crippen molar-refractivity contribution in [2.75, 3.05) is 11.9 Å². The fourth-order valence-electron chi connectivity index (χ4n) is 1.32. The van der Waals surface area contributed by atoms with E-state index in [0.29, 0.717) is 23.6 Å². The summed E-state index contributed by atoms with van der Waals surface area (Å²) in [6, 6.07) is 5.09. The van der Waals surface area contributed by atoms with E-state index >= 15 is 0 Å². The summed E-state index contributed by atoms with van der Waals surface area (Å²) in [4.78, 5) is 11.4. The summed E-state index contributed by atoms with van der Waals surface area (Å²) < 4.78 is 5.34. The Hall–Kier alpha value is -1.26. The van der Waals surface area contributed by atoms with Crippen LogP contribution < -0.4 is 10.1 Å². The number of nitrogens with one attached hydrogen (secondary N) is 1. The monoisotopic (exact) mass is 257 g/mol. The third-order valence-corrected chi connectivity index (χ3v) is 2.36. The molecule has 0 saturated carbocycles. The molecule has 0 aliphatic rings. The Morgan fingerprint density at radius 1 is 1.59 bits per heavy atom. The van der Waals surface area contributed by atoms with Gasteiger partial charge >= 0.3 is 0 Å². The Bertz CT molecular complexity index is 393. The highest BCUT2D eigenvalue weighted by Gasteiger charge is 2.10. The van der Waals surface area contributed by atoms with Crippen LogP contribution in [0, 0.1) is 0 Å². The average molecular weight is 258 g/mol. The smallest absolute Gasteiger partial charge is 0.242 e. The number of alkyl halides is 1. The lowest BCUT2D eigenvalue weighted by Gasteiger charge is -2.11. The highest BCUT2D eigenvalue weighted by Crippen LogP contribution is 2.23. The number of benzene rings is 1. The van der Waals surface area contributed by atoms with Gasteiger partial charge in [-0.1, -0.05) is 0 Å². The van der Waals surface area contributed by atoms with Crippen molar-refractivity contribution in [2.24, 2.45) is 0 Å². The number of hydrogen-bond acceptors (Lipinski definition) is 3. The van der Waals surface area contributed by atoms with Crippen LogP contribution in [-0.4, -0.2) is 23.0 Å². The molecule has 0 radical (unpaired) electrons. The quantitative estimate of drug-likeness (QED) is 0.795. The molecule has 0 bridgehead atoms. The van der Waals surface area contributed by atoms with Crippen LogP contribution in [0.4, 0.5) is 5.69 Å². The maximum atomic E-state index is 11.4. The van der Waals surface area contributed by atoms with E-state index in [2.05, 4.69) is 5.32 Å². The summed E-state index contributed by atoms with van der Waals surface area (Å²) in [5.74, 6) is 0.339. The molecule has 0 aliphatic heterocycles. The molecule has 0 fully saturated rings. The molecule has 4 nitrogen and oxygen atoms in total. The fourth-order valence-corrected chi connectivity index (χ4v) is 1.37. The van der Waals surface area contributed by atoms with E-state index in [4.69, 9.17) is 16.3 Å². The lowest BCUT2D eigenvalue weighted by Crippen LogP contribution is -2.20. The molecule has 0 aliphatic carbocycles. The third-order valence-electron chi connectivity index (χ3n) is 2.16.